The monoisotopic (exact) mass is 445 g/mol. The van der Waals surface area contributed by atoms with E-state index >= 15 is 0 Å². The molecule has 3 aromatic rings. The van der Waals surface area contributed by atoms with Gasteiger partial charge in [0.25, 0.3) is 5.91 Å². The number of rotatable bonds is 7. The van der Waals surface area contributed by atoms with Crippen molar-refractivity contribution in [3.8, 4) is 10.7 Å². The molecule has 2 aromatic heterocycles. The van der Waals surface area contributed by atoms with Gasteiger partial charge in [-0.25, -0.2) is 14.8 Å². The third kappa shape index (κ3) is 5.37. The van der Waals surface area contributed by atoms with E-state index in [-0.39, 0.29) is 12.2 Å². The molecule has 0 radical (unpaired) electrons. The zero-order valence-corrected chi connectivity index (χ0v) is 18.5. The molecule has 2 heterocycles. The van der Waals surface area contributed by atoms with Crippen LogP contribution < -0.4 is 5.32 Å². The van der Waals surface area contributed by atoms with Crippen molar-refractivity contribution >= 4 is 52.4 Å². The Morgan fingerprint density at radius 1 is 1.10 bits per heavy atom. The molecule has 0 aliphatic carbocycles. The molecule has 29 heavy (non-hydrogen) atoms. The van der Waals surface area contributed by atoms with E-state index in [2.05, 4.69) is 15.3 Å². The Morgan fingerprint density at radius 2 is 1.86 bits per heavy atom. The molecule has 1 aromatic carbocycles. The van der Waals surface area contributed by atoms with Crippen LogP contribution in [-0.4, -0.2) is 41.0 Å². The summed E-state index contributed by atoms with van der Waals surface area (Å²) in [6.07, 6.45) is 3.82. The van der Waals surface area contributed by atoms with Crippen LogP contribution in [0.1, 0.15) is 16.1 Å². The van der Waals surface area contributed by atoms with Crippen LogP contribution in [0.4, 0.5) is 5.69 Å². The Balaban J connectivity index is 1.67. The van der Waals surface area contributed by atoms with E-state index in [1.807, 2.05) is 42.2 Å². The van der Waals surface area contributed by atoms with Gasteiger partial charge in [-0.3, -0.25) is 4.79 Å². The predicted octanol–water partition coefficient (Wildman–Crippen LogP) is 4.75. The van der Waals surface area contributed by atoms with E-state index in [4.69, 9.17) is 4.74 Å². The highest BCUT2D eigenvalue weighted by Gasteiger charge is 2.21. The summed E-state index contributed by atoms with van der Waals surface area (Å²) in [6, 6.07) is 11.3. The van der Waals surface area contributed by atoms with E-state index in [1.165, 1.54) is 23.1 Å². The summed E-state index contributed by atoms with van der Waals surface area (Å²) in [6.45, 7) is 1.35. The van der Waals surface area contributed by atoms with Crippen LogP contribution in [0, 0.1) is 6.92 Å². The van der Waals surface area contributed by atoms with E-state index < -0.39 is 11.9 Å². The van der Waals surface area contributed by atoms with Crippen molar-refractivity contribution in [3.63, 3.8) is 0 Å². The first-order valence-corrected chi connectivity index (χ1v) is 11.9. The molecule has 9 heteroatoms. The van der Waals surface area contributed by atoms with Gasteiger partial charge in [-0.2, -0.15) is 0 Å². The lowest BCUT2D eigenvalue weighted by Crippen LogP contribution is -2.22. The first kappa shape index (κ1) is 21.4. The smallest absolute Gasteiger partial charge is 0.343 e. The fourth-order valence-electron chi connectivity index (χ4n) is 2.52. The standard InChI is InChI=1S/C20H19N3O3S3/c1-12-17(19(28-3)23-18(21-12)15-5-4-10-29-15)20(25)26-11-16(24)22-13-6-8-14(27-2)9-7-13/h4-10H,11H2,1-3H3,(H,22,24). The number of nitrogens with zero attached hydrogens (tertiary/aromatic N) is 2. The molecule has 1 N–H and O–H groups in total. The number of carbonyl (C=O) groups is 2. The second-order valence-corrected chi connectivity index (χ2v) is 8.47. The largest absolute Gasteiger partial charge is 0.452 e. The molecule has 150 valence electrons. The average molecular weight is 446 g/mol. The summed E-state index contributed by atoms with van der Waals surface area (Å²) in [7, 11) is 0. The van der Waals surface area contributed by atoms with Gasteiger partial charge in [-0.15, -0.1) is 34.9 Å². The van der Waals surface area contributed by atoms with E-state index in [0.29, 0.717) is 22.2 Å². The number of ether oxygens (including phenoxy) is 1. The van der Waals surface area contributed by atoms with Crippen molar-refractivity contribution < 1.29 is 14.3 Å². The highest BCUT2D eigenvalue weighted by Crippen LogP contribution is 2.27. The number of anilines is 1. The van der Waals surface area contributed by atoms with Crippen molar-refractivity contribution in [2.24, 2.45) is 0 Å². The number of thioether (sulfide) groups is 2. The summed E-state index contributed by atoms with van der Waals surface area (Å²) in [5.74, 6) is -0.447. The van der Waals surface area contributed by atoms with Crippen LogP contribution in [0.15, 0.2) is 51.7 Å². The molecular formula is C20H19N3O3S3. The fourth-order valence-corrected chi connectivity index (χ4v) is 4.20. The minimum Gasteiger partial charge on any atom is -0.452 e. The first-order valence-electron chi connectivity index (χ1n) is 8.59. The zero-order chi connectivity index (χ0) is 20.8. The summed E-state index contributed by atoms with van der Waals surface area (Å²) < 4.78 is 5.22. The molecule has 0 unspecified atom stereocenters. The van der Waals surface area contributed by atoms with Crippen molar-refractivity contribution in [2.45, 2.75) is 16.8 Å². The van der Waals surface area contributed by atoms with Gasteiger partial charge in [-0.1, -0.05) is 6.07 Å². The summed E-state index contributed by atoms with van der Waals surface area (Å²) in [5.41, 5.74) is 1.45. The predicted molar refractivity (Wildman–Crippen MR) is 119 cm³/mol. The number of carbonyl (C=O) groups excluding carboxylic acids is 2. The molecule has 0 aliphatic heterocycles. The minimum atomic E-state index is -0.613. The van der Waals surface area contributed by atoms with Gasteiger partial charge in [0.2, 0.25) is 0 Å². The maximum Gasteiger partial charge on any atom is 0.343 e. The van der Waals surface area contributed by atoms with Crippen LogP contribution in [0.25, 0.3) is 10.7 Å². The first-order chi connectivity index (χ1) is 14.0. The van der Waals surface area contributed by atoms with Crippen LogP contribution in [0.5, 0.6) is 0 Å². The SMILES string of the molecule is CSc1ccc(NC(=O)COC(=O)c2c(C)nc(-c3cccs3)nc2SC)cc1. The summed E-state index contributed by atoms with van der Waals surface area (Å²) in [4.78, 5) is 35.7. The van der Waals surface area contributed by atoms with Gasteiger partial charge in [0.15, 0.2) is 12.4 Å². The van der Waals surface area contributed by atoms with Crippen molar-refractivity contribution in [1.29, 1.82) is 0 Å². The van der Waals surface area contributed by atoms with Crippen molar-refractivity contribution in [3.05, 3.63) is 53.0 Å². The Hall–Kier alpha value is -2.36. The van der Waals surface area contributed by atoms with E-state index in [1.54, 1.807) is 30.8 Å². The maximum atomic E-state index is 12.6. The molecule has 0 saturated heterocycles. The van der Waals surface area contributed by atoms with Crippen molar-refractivity contribution in [2.75, 3.05) is 24.4 Å². The molecule has 0 bridgehead atoms. The molecule has 0 aliphatic rings. The highest BCUT2D eigenvalue weighted by molar-refractivity contribution is 7.98. The van der Waals surface area contributed by atoms with Gasteiger partial charge < -0.3 is 10.1 Å². The van der Waals surface area contributed by atoms with Crippen molar-refractivity contribution in [1.82, 2.24) is 9.97 Å². The Kier molecular flexibility index (Phi) is 7.29. The zero-order valence-electron chi connectivity index (χ0n) is 16.1. The third-order valence-electron chi connectivity index (χ3n) is 3.90. The summed E-state index contributed by atoms with van der Waals surface area (Å²) in [5, 5.41) is 5.18. The number of esters is 1. The number of amides is 1. The molecule has 3 rings (SSSR count). The average Bonchev–Trinajstić information content (AvgIpc) is 3.27. The van der Waals surface area contributed by atoms with E-state index in [0.717, 1.165) is 9.77 Å². The molecular weight excluding hydrogens is 426 g/mol. The Labute approximate surface area is 181 Å². The maximum absolute atomic E-state index is 12.6. The number of benzene rings is 1. The van der Waals surface area contributed by atoms with Crippen LogP contribution in [0.3, 0.4) is 0 Å². The van der Waals surface area contributed by atoms with Crippen LogP contribution in [-0.2, 0) is 9.53 Å². The molecule has 0 saturated carbocycles. The topological polar surface area (TPSA) is 81.2 Å². The summed E-state index contributed by atoms with van der Waals surface area (Å²) >= 11 is 4.49. The van der Waals surface area contributed by atoms with Crippen LogP contribution in [0.2, 0.25) is 0 Å². The molecule has 1 amide bonds. The number of nitrogens with one attached hydrogen (secondary N) is 1. The van der Waals surface area contributed by atoms with Gasteiger partial charge in [0, 0.05) is 10.6 Å². The lowest BCUT2D eigenvalue weighted by molar-refractivity contribution is -0.119. The molecule has 6 nitrogen and oxygen atoms in total. The van der Waals surface area contributed by atoms with Gasteiger partial charge in [0.05, 0.1) is 10.6 Å². The lowest BCUT2D eigenvalue weighted by Gasteiger charge is -2.11. The number of hydrogen-bond donors (Lipinski definition) is 1. The van der Waals surface area contributed by atoms with Crippen LogP contribution >= 0.6 is 34.9 Å². The lowest BCUT2D eigenvalue weighted by atomic mass is 10.2. The Bertz CT molecular complexity index is 1010. The highest BCUT2D eigenvalue weighted by atomic mass is 32.2. The van der Waals surface area contributed by atoms with E-state index in [9.17, 15) is 9.59 Å². The fraction of sp³-hybridized carbons (Fsp3) is 0.200. The third-order valence-corrected chi connectivity index (χ3v) is 6.20. The second-order valence-electron chi connectivity index (χ2n) is 5.85. The molecule has 0 fully saturated rings. The number of thiophene rings is 1. The van der Waals surface area contributed by atoms with Gasteiger partial charge >= 0.3 is 5.97 Å². The quantitative estimate of drug-likeness (QED) is 0.319. The van der Waals surface area contributed by atoms with Gasteiger partial charge in [-0.05, 0) is 55.1 Å². The van der Waals surface area contributed by atoms with Gasteiger partial charge in [0.1, 0.15) is 10.6 Å². The molecule has 0 atom stereocenters. The number of aromatic nitrogens is 2. The normalized spacial score (nSPS) is 10.6. The Morgan fingerprint density at radius 3 is 2.48 bits per heavy atom. The minimum absolute atomic E-state index is 0.287. The second kappa shape index (κ2) is 9.91. The number of aryl methyl sites for hydroxylation is 1. The number of hydrogen-bond acceptors (Lipinski definition) is 8. The molecule has 0 spiro atoms.